The first-order chi connectivity index (χ1) is 6.50. The lowest BCUT2D eigenvalue weighted by Gasteiger charge is -2.27. The van der Waals surface area contributed by atoms with Crippen molar-refractivity contribution in [2.75, 3.05) is 24.2 Å². The van der Waals surface area contributed by atoms with Gasteiger partial charge >= 0.3 is 0 Å². The van der Waals surface area contributed by atoms with E-state index in [-0.39, 0.29) is 5.75 Å². The van der Waals surface area contributed by atoms with Gasteiger partial charge in [0, 0.05) is 18.6 Å². The lowest BCUT2D eigenvalue weighted by Crippen LogP contribution is -2.31. The molecule has 0 saturated heterocycles. The van der Waals surface area contributed by atoms with Gasteiger partial charge in [0.25, 0.3) is 0 Å². The summed E-state index contributed by atoms with van der Waals surface area (Å²) in [5, 5.41) is 0.461. The molecule has 1 heterocycles. The van der Waals surface area contributed by atoms with Gasteiger partial charge in [-0.3, -0.25) is 0 Å². The van der Waals surface area contributed by atoms with E-state index in [0.717, 1.165) is 5.69 Å². The Hall–Kier alpha value is -0.740. The highest BCUT2D eigenvalue weighted by Crippen LogP contribution is 2.31. The predicted octanol–water partition coefficient (Wildman–Crippen LogP) is 1.56. The summed E-state index contributed by atoms with van der Waals surface area (Å²) in [5.74, 6) is 0.164. The largest absolute Gasteiger partial charge is 0.373 e. The van der Waals surface area contributed by atoms with Gasteiger partial charge in [-0.1, -0.05) is 11.6 Å². The molecule has 5 heteroatoms. The van der Waals surface area contributed by atoms with E-state index in [4.69, 9.17) is 11.6 Å². The summed E-state index contributed by atoms with van der Waals surface area (Å²) >= 11 is 5.77. The van der Waals surface area contributed by atoms with Gasteiger partial charge in [-0.05, 0) is 18.2 Å². The standard InChI is InChI=1S/C9H10ClNO2S/c1-11-4-5-14(12,13)9-6-7(10)2-3-8(9)11/h2-3,6H,4-5H2,1H3. The molecule has 0 N–H and O–H groups in total. The van der Waals surface area contributed by atoms with E-state index in [2.05, 4.69) is 0 Å². The monoisotopic (exact) mass is 231 g/mol. The molecule has 1 aromatic rings. The lowest BCUT2D eigenvalue weighted by atomic mass is 10.3. The number of nitrogens with zero attached hydrogens (tertiary/aromatic N) is 1. The van der Waals surface area contributed by atoms with E-state index in [9.17, 15) is 8.42 Å². The Bertz CT molecular complexity index is 470. The zero-order chi connectivity index (χ0) is 10.3. The van der Waals surface area contributed by atoms with Crippen molar-refractivity contribution in [1.29, 1.82) is 0 Å². The van der Waals surface area contributed by atoms with Crippen molar-refractivity contribution in [2.24, 2.45) is 0 Å². The third-order valence-corrected chi connectivity index (χ3v) is 4.32. The smallest absolute Gasteiger partial charge is 0.182 e. The van der Waals surface area contributed by atoms with Crippen molar-refractivity contribution >= 4 is 27.1 Å². The summed E-state index contributed by atoms with van der Waals surface area (Å²) in [6.07, 6.45) is 0. The lowest BCUT2D eigenvalue weighted by molar-refractivity contribution is 0.591. The van der Waals surface area contributed by atoms with Crippen LogP contribution in [-0.4, -0.2) is 27.8 Å². The van der Waals surface area contributed by atoms with E-state index in [1.54, 1.807) is 12.1 Å². The fourth-order valence-electron chi connectivity index (χ4n) is 1.54. The van der Waals surface area contributed by atoms with E-state index < -0.39 is 9.84 Å². The second-order valence-corrected chi connectivity index (χ2v) is 5.87. The number of fused-ring (bicyclic) bond motifs is 1. The molecule has 0 fully saturated rings. The molecule has 0 bridgehead atoms. The number of hydrogen-bond acceptors (Lipinski definition) is 3. The van der Waals surface area contributed by atoms with Crippen LogP contribution in [0.5, 0.6) is 0 Å². The maximum Gasteiger partial charge on any atom is 0.182 e. The number of sulfone groups is 1. The highest BCUT2D eigenvalue weighted by Gasteiger charge is 2.26. The minimum absolute atomic E-state index is 0.164. The van der Waals surface area contributed by atoms with Gasteiger partial charge in [-0.15, -0.1) is 0 Å². The molecule has 0 radical (unpaired) electrons. The molecule has 0 aromatic heterocycles. The zero-order valence-corrected chi connectivity index (χ0v) is 9.27. The van der Waals surface area contributed by atoms with Gasteiger partial charge in [0.15, 0.2) is 9.84 Å². The molecule has 14 heavy (non-hydrogen) atoms. The maximum absolute atomic E-state index is 11.7. The molecule has 0 saturated carbocycles. The molecule has 0 unspecified atom stereocenters. The molecule has 0 spiro atoms. The van der Waals surface area contributed by atoms with Gasteiger partial charge in [-0.25, -0.2) is 8.42 Å². The number of benzene rings is 1. The van der Waals surface area contributed by atoms with Crippen LogP contribution in [0, 0.1) is 0 Å². The van der Waals surface area contributed by atoms with Crippen LogP contribution in [0.4, 0.5) is 5.69 Å². The highest BCUT2D eigenvalue weighted by molar-refractivity contribution is 7.91. The Balaban J connectivity index is 2.70. The zero-order valence-electron chi connectivity index (χ0n) is 7.70. The molecule has 0 aliphatic carbocycles. The van der Waals surface area contributed by atoms with Crippen LogP contribution in [0.2, 0.25) is 5.02 Å². The molecular formula is C9H10ClNO2S. The average Bonchev–Trinajstić information content (AvgIpc) is 2.12. The van der Waals surface area contributed by atoms with Gasteiger partial charge in [-0.2, -0.15) is 0 Å². The van der Waals surface area contributed by atoms with Gasteiger partial charge in [0.1, 0.15) is 0 Å². The summed E-state index contributed by atoms with van der Waals surface area (Å²) in [5.41, 5.74) is 0.737. The Kier molecular flexibility index (Phi) is 2.20. The third-order valence-electron chi connectivity index (χ3n) is 2.36. The van der Waals surface area contributed by atoms with Crippen molar-refractivity contribution < 1.29 is 8.42 Å². The first kappa shape index (κ1) is 9.80. The van der Waals surface area contributed by atoms with Crippen LogP contribution in [-0.2, 0) is 9.84 Å². The summed E-state index contributed by atoms with van der Waals surface area (Å²) in [6.45, 7) is 0.539. The Morgan fingerprint density at radius 3 is 2.86 bits per heavy atom. The minimum Gasteiger partial charge on any atom is -0.373 e. The maximum atomic E-state index is 11.7. The van der Waals surface area contributed by atoms with Crippen LogP contribution in [0.1, 0.15) is 0 Å². The minimum atomic E-state index is -3.12. The summed E-state index contributed by atoms with van der Waals surface area (Å²) in [6, 6.07) is 4.97. The molecule has 1 aromatic carbocycles. The number of anilines is 1. The van der Waals surface area contributed by atoms with Crippen molar-refractivity contribution in [3.63, 3.8) is 0 Å². The fraction of sp³-hybridized carbons (Fsp3) is 0.333. The van der Waals surface area contributed by atoms with E-state index in [0.29, 0.717) is 16.5 Å². The van der Waals surface area contributed by atoms with Crippen molar-refractivity contribution in [3.8, 4) is 0 Å². The Morgan fingerprint density at radius 2 is 2.14 bits per heavy atom. The second kappa shape index (κ2) is 3.14. The van der Waals surface area contributed by atoms with Gasteiger partial charge < -0.3 is 4.90 Å². The van der Waals surface area contributed by atoms with Crippen LogP contribution in [0.25, 0.3) is 0 Å². The molecule has 76 valence electrons. The summed E-state index contributed by atoms with van der Waals surface area (Å²) in [4.78, 5) is 2.27. The number of halogens is 1. The van der Waals surface area contributed by atoms with Crippen LogP contribution >= 0.6 is 11.6 Å². The summed E-state index contributed by atoms with van der Waals surface area (Å²) < 4.78 is 23.4. The predicted molar refractivity (Wildman–Crippen MR) is 56.8 cm³/mol. The SMILES string of the molecule is CN1CCS(=O)(=O)c2cc(Cl)ccc21. The molecule has 0 amide bonds. The van der Waals surface area contributed by atoms with Crippen molar-refractivity contribution in [2.45, 2.75) is 4.90 Å². The Labute approximate surface area is 88.2 Å². The quantitative estimate of drug-likeness (QED) is 0.680. The fourth-order valence-corrected chi connectivity index (χ4v) is 3.36. The van der Waals surface area contributed by atoms with Crippen molar-refractivity contribution in [3.05, 3.63) is 23.2 Å². The van der Waals surface area contributed by atoms with E-state index >= 15 is 0 Å². The van der Waals surface area contributed by atoms with Crippen LogP contribution < -0.4 is 4.90 Å². The normalized spacial score (nSPS) is 19.1. The first-order valence-electron chi connectivity index (χ1n) is 4.24. The third kappa shape index (κ3) is 1.48. The van der Waals surface area contributed by atoms with Gasteiger partial charge in [0.2, 0.25) is 0 Å². The molecule has 3 nitrogen and oxygen atoms in total. The van der Waals surface area contributed by atoms with E-state index in [1.807, 2.05) is 11.9 Å². The van der Waals surface area contributed by atoms with Gasteiger partial charge in [0.05, 0.1) is 16.3 Å². The molecular weight excluding hydrogens is 222 g/mol. The first-order valence-corrected chi connectivity index (χ1v) is 6.27. The molecule has 1 aliphatic rings. The second-order valence-electron chi connectivity index (χ2n) is 3.35. The van der Waals surface area contributed by atoms with Crippen LogP contribution in [0.15, 0.2) is 23.1 Å². The topological polar surface area (TPSA) is 37.4 Å². The average molecular weight is 232 g/mol. The summed E-state index contributed by atoms with van der Waals surface area (Å²) in [7, 11) is -1.25. The molecule has 0 atom stereocenters. The molecule has 1 aliphatic heterocycles. The van der Waals surface area contributed by atoms with Crippen LogP contribution in [0.3, 0.4) is 0 Å². The van der Waals surface area contributed by atoms with E-state index in [1.165, 1.54) is 6.07 Å². The van der Waals surface area contributed by atoms with Crippen molar-refractivity contribution in [1.82, 2.24) is 0 Å². The molecule has 2 rings (SSSR count). The number of hydrogen-bond donors (Lipinski definition) is 0. The Morgan fingerprint density at radius 1 is 1.43 bits per heavy atom. The highest BCUT2D eigenvalue weighted by atomic mass is 35.5. The number of rotatable bonds is 0.